The topological polar surface area (TPSA) is 21.3 Å². The molecule has 0 saturated carbocycles. The van der Waals surface area contributed by atoms with Gasteiger partial charge >= 0.3 is 0 Å². The largest absolute Gasteiger partial charge is 0.485 e. The second-order valence-corrected chi connectivity index (χ2v) is 4.59. The molecule has 1 aliphatic heterocycles. The van der Waals surface area contributed by atoms with Crippen LogP contribution in [0, 0.1) is 5.82 Å². The van der Waals surface area contributed by atoms with Gasteiger partial charge in [0.05, 0.1) is 4.47 Å². The molecule has 0 aromatic heterocycles. The summed E-state index contributed by atoms with van der Waals surface area (Å²) in [5.41, 5.74) is -0.142. The molecule has 0 atom stereocenters. The summed E-state index contributed by atoms with van der Waals surface area (Å²) in [5.74, 6) is 0.427. The van der Waals surface area contributed by atoms with E-state index in [2.05, 4.69) is 21.2 Å². The van der Waals surface area contributed by atoms with E-state index in [9.17, 15) is 4.39 Å². The minimum Gasteiger partial charge on any atom is -0.485 e. The maximum Gasteiger partial charge on any atom is 0.137 e. The van der Waals surface area contributed by atoms with Crippen molar-refractivity contribution in [2.45, 2.75) is 12.5 Å². The summed E-state index contributed by atoms with van der Waals surface area (Å²) in [6.45, 7) is 3.70. The van der Waals surface area contributed by atoms with Gasteiger partial charge < -0.3 is 10.1 Å². The van der Waals surface area contributed by atoms with Crippen LogP contribution in [0.1, 0.15) is 6.92 Å². The quantitative estimate of drug-likeness (QED) is 0.881. The van der Waals surface area contributed by atoms with E-state index in [4.69, 9.17) is 4.74 Å². The highest BCUT2D eigenvalue weighted by atomic mass is 79.9. The van der Waals surface area contributed by atoms with E-state index in [1.165, 1.54) is 6.07 Å². The Morgan fingerprint density at radius 3 is 2.71 bits per heavy atom. The first kappa shape index (κ1) is 9.93. The normalized spacial score (nSPS) is 18.8. The van der Waals surface area contributed by atoms with Gasteiger partial charge in [0.15, 0.2) is 0 Å². The van der Waals surface area contributed by atoms with Crippen LogP contribution in [0.2, 0.25) is 0 Å². The summed E-state index contributed by atoms with van der Waals surface area (Å²) in [6, 6.07) is 4.69. The lowest BCUT2D eigenvalue weighted by Crippen LogP contribution is -2.61. The molecule has 4 heteroatoms. The Morgan fingerprint density at radius 2 is 2.21 bits per heavy atom. The third-order valence-electron chi connectivity index (χ3n) is 2.25. The lowest BCUT2D eigenvalue weighted by atomic mass is 10.00. The first-order chi connectivity index (χ1) is 6.59. The Hall–Kier alpha value is -0.610. The summed E-state index contributed by atoms with van der Waals surface area (Å²) in [4.78, 5) is 0. The lowest BCUT2D eigenvalue weighted by Gasteiger charge is -2.39. The molecule has 2 nitrogen and oxygen atoms in total. The fourth-order valence-electron chi connectivity index (χ4n) is 1.37. The third kappa shape index (κ3) is 1.91. The Labute approximate surface area is 90.6 Å². The third-order valence-corrected chi connectivity index (χ3v) is 2.86. The Bertz CT molecular complexity index is 352. The van der Waals surface area contributed by atoms with Crippen molar-refractivity contribution in [3.05, 3.63) is 28.5 Å². The minimum absolute atomic E-state index is 0.142. The summed E-state index contributed by atoms with van der Waals surface area (Å²) >= 11 is 3.12. The van der Waals surface area contributed by atoms with Gasteiger partial charge in [-0.1, -0.05) is 0 Å². The molecule has 1 fully saturated rings. The zero-order valence-electron chi connectivity index (χ0n) is 7.81. The monoisotopic (exact) mass is 259 g/mol. The molecule has 1 N–H and O–H groups in total. The summed E-state index contributed by atoms with van der Waals surface area (Å²) in [7, 11) is 0. The Balaban J connectivity index is 2.13. The lowest BCUT2D eigenvalue weighted by molar-refractivity contribution is 0.0347. The van der Waals surface area contributed by atoms with E-state index >= 15 is 0 Å². The summed E-state index contributed by atoms with van der Waals surface area (Å²) in [5, 5.41) is 3.14. The van der Waals surface area contributed by atoms with Crippen molar-refractivity contribution in [3.8, 4) is 5.75 Å². The minimum atomic E-state index is -0.269. The fraction of sp³-hybridized carbons (Fsp3) is 0.400. The van der Waals surface area contributed by atoms with Gasteiger partial charge in [-0.2, -0.15) is 0 Å². The van der Waals surface area contributed by atoms with Crippen LogP contribution in [0.4, 0.5) is 4.39 Å². The molecule has 1 heterocycles. The molecule has 0 aliphatic carbocycles. The van der Waals surface area contributed by atoms with Crippen LogP contribution in [-0.4, -0.2) is 18.7 Å². The molecule has 1 aromatic rings. The van der Waals surface area contributed by atoms with Gasteiger partial charge in [0.25, 0.3) is 0 Å². The molecule has 0 spiro atoms. The molecule has 76 valence electrons. The average molecular weight is 260 g/mol. The van der Waals surface area contributed by atoms with Crippen molar-refractivity contribution in [1.29, 1.82) is 0 Å². The number of rotatable bonds is 2. The van der Waals surface area contributed by atoms with Crippen molar-refractivity contribution in [2.24, 2.45) is 0 Å². The van der Waals surface area contributed by atoms with Crippen LogP contribution in [0.3, 0.4) is 0 Å². The van der Waals surface area contributed by atoms with Crippen LogP contribution in [0.25, 0.3) is 0 Å². The highest BCUT2D eigenvalue weighted by Crippen LogP contribution is 2.26. The maximum atomic E-state index is 12.9. The van der Waals surface area contributed by atoms with E-state index in [0.29, 0.717) is 10.2 Å². The van der Waals surface area contributed by atoms with Crippen molar-refractivity contribution in [1.82, 2.24) is 5.32 Å². The highest BCUT2D eigenvalue weighted by Gasteiger charge is 2.33. The molecular formula is C10H11BrFNO. The zero-order valence-corrected chi connectivity index (χ0v) is 9.40. The van der Waals surface area contributed by atoms with Gasteiger partial charge in [0, 0.05) is 13.1 Å². The van der Waals surface area contributed by atoms with Crippen molar-refractivity contribution in [2.75, 3.05) is 13.1 Å². The number of hydrogen-bond donors (Lipinski definition) is 1. The standard InChI is InChI=1S/C10H11BrFNO/c1-10(5-13-6-10)14-7-2-3-9(12)8(11)4-7/h2-4,13H,5-6H2,1H3. The van der Waals surface area contributed by atoms with E-state index in [0.717, 1.165) is 13.1 Å². The second-order valence-electron chi connectivity index (χ2n) is 3.73. The number of hydrogen-bond acceptors (Lipinski definition) is 2. The predicted octanol–water partition coefficient (Wildman–Crippen LogP) is 2.33. The molecular weight excluding hydrogens is 249 g/mol. The fourth-order valence-corrected chi connectivity index (χ4v) is 1.73. The summed E-state index contributed by atoms with van der Waals surface area (Å²) < 4.78 is 19.1. The number of ether oxygens (including phenoxy) is 1. The van der Waals surface area contributed by atoms with Gasteiger partial charge in [-0.05, 0) is 41.1 Å². The number of nitrogens with one attached hydrogen (secondary N) is 1. The van der Waals surface area contributed by atoms with Gasteiger partial charge in [0.1, 0.15) is 17.2 Å². The number of halogens is 2. The smallest absolute Gasteiger partial charge is 0.137 e. The Morgan fingerprint density at radius 1 is 1.50 bits per heavy atom. The number of benzene rings is 1. The van der Waals surface area contributed by atoms with Crippen molar-refractivity contribution in [3.63, 3.8) is 0 Å². The van der Waals surface area contributed by atoms with Gasteiger partial charge in [-0.25, -0.2) is 4.39 Å². The van der Waals surface area contributed by atoms with Crippen LogP contribution in [-0.2, 0) is 0 Å². The molecule has 1 aromatic carbocycles. The molecule has 0 bridgehead atoms. The van der Waals surface area contributed by atoms with E-state index in [1.807, 2.05) is 6.92 Å². The van der Waals surface area contributed by atoms with E-state index < -0.39 is 0 Å². The first-order valence-electron chi connectivity index (χ1n) is 4.44. The van der Waals surface area contributed by atoms with Crippen LogP contribution in [0.5, 0.6) is 5.75 Å². The molecule has 0 radical (unpaired) electrons. The van der Waals surface area contributed by atoms with Crippen molar-refractivity contribution < 1.29 is 9.13 Å². The molecule has 14 heavy (non-hydrogen) atoms. The van der Waals surface area contributed by atoms with E-state index in [-0.39, 0.29) is 11.4 Å². The van der Waals surface area contributed by atoms with Crippen LogP contribution >= 0.6 is 15.9 Å². The van der Waals surface area contributed by atoms with E-state index in [1.54, 1.807) is 12.1 Å². The van der Waals surface area contributed by atoms with Crippen molar-refractivity contribution >= 4 is 15.9 Å². The zero-order chi connectivity index (χ0) is 10.2. The Kier molecular flexibility index (Phi) is 2.49. The maximum absolute atomic E-state index is 12.9. The highest BCUT2D eigenvalue weighted by molar-refractivity contribution is 9.10. The van der Waals surface area contributed by atoms with Crippen LogP contribution < -0.4 is 10.1 Å². The molecule has 2 rings (SSSR count). The second kappa shape index (κ2) is 3.51. The molecule has 0 amide bonds. The molecule has 0 unspecified atom stereocenters. The van der Waals surface area contributed by atoms with Gasteiger partial charge in [-0.3, -0.25) is 0 Å². The van der Waals surface area contributed by atoms with Crippen LogP contribution in [0.15, 0.2) is 22.7 Å². The summed E-state index contributed by atoms with van der Waals surface area (Å²) in [6.07, 6.45) is 0. The molecule has 1 aliphatic rings. The average Bonchev–Trinajstić information content (AvgIpc) is 2.09. The van der Waals surface area contributed by atoms with Gasteiger partial charge in [0.2, 0.25) is 0 Å². The first-order valence-corrected chi connectivity index (χ1v) is 5.23. The SMILES string of the molecule is CC1(Oc2ccc(F)c(Br)c2)CNC1. The van der Waals surface area contributed by atoms with Gasteiger partial charge in [-0.15, -0.1) is 0 Å². The molecule has 1 saturated heterocycles. The predicted molar refractivity (Wildman–Crippen MR) is 56.0 cm³/mol.